The fourth-order valence-electron chi connectivity index (χ4n) is 0. The van der Waals surface area contributed by atoms with Crippen LogP contribution in [0.1, 0.15) is 0 Å². The minimum atomic E-state index is -1.38. The number of hydrogen-bond donors (Lipinski definition) is 1. The predicted octanol–water partition coefficient (Wildman–Crippen LogP) is -2.95. The van der Waals surface area contributed by atoms with Crippen molar-refractivity contribution in [2.45, 2.75) is 0 Å². The fraction of sp³-hybridized carbons (Fsp3) is 0. The molecule has 5 heteroatoms. The first kappa shape index (κ1) is 16.8. The summed E-state index contributed by atoms with van der Waals surface area (Å²) in [4.78, 5) is 0. The van der Waals surface area contributed by atoms with E-state index >= 15 is 0 Å². The maximum atomic E-state index is 8.55. The summed E-state index contributed by atoms with van der Waals surface area (Å²) in [6, 6.07) is 0. The first-order valence-electron chi connectivity index (χ1n) is 0.349. The van der Waals surface area contributed by atoms with Gasteiger partial charge >= 0.3 is 24.0 Å². The van der Waals surface area contributed by atoms with Gasteiger partial charge in [0.15, 0.2) is 0 Å². The average molecular weight is 194 g/mol. The molecule has 3 N–H and O–H groups in total. The molecule has 3 nitrogen and oxygen atoms in total. The van der Waals surface area contributed by atoms with Gasteiger partial charge in [-0.3, -0.25) is 0 Å². The van der Waals surface area contributed by atoms with Crippen molar-refractivity contribution in [1.82, 2.24) is 0 Å². The van der Waals surface area contributed by atoms with Crippen molar-refractivity contribution < 1.29 is 30.9 Å². The molecule has 0 aliphatic heterocycles. The van der Waals surface area contributed by atoms with Crippen LogP contribution in [0.3, 0.4) is 0 Å². The molecule has 0 saturated carbocycles. The predicted molar refractivity (Wildman–Crippen MR) is 11.6 cm³/mol. The molecule has 0 amide bonds. The zero-order valence-corrected chi connectivity index (χ0v) is 4.72. The Labute approximate surface area is 47.0 Å². The molecule has 0 spiro atoms. The van der Waals surface area contributed by atoms with Gasteiger partial charge in [-0.05, 0) is 0 Å². The van der Waals surface area contributed by atoms with Crippen LogP contribution in [0, 0.1) is 0 Å². The molecule has 0 rings (SSSR count). The Morgan fingerprint density at radius 3 is 1.60 bits per heavy atom. The molecule has 0 saturated heterocycles. The molecule has 0 aliphatic rings. The van der Waals surface area contributed by atoms with Crippen LogP contribution in [0.5, 0.6) is 0 Å². The first-order valence-corrected chi connectivity index (χ1v) is 1.81. The minimum absolute atomic E-state index is 0. The maximum absolute atomic E-state index is 8.55. The molecule has 0 unspecified atom stereocenters. The Balaban J connectivity index is -0.0000000200. The molecule has 0 bridgehead atoms. The topological polar surface area (TPSA) is 74.8 Å². The molecule has 0 atom stereocenters. The van der Waals surface area contributed by atoms with Crippen LogP contribution in [0.25, 0.3) is 0 Å². The van der Waals surface area contributed by atoms with Gasteiger partial charge in [-0.25, -0.2) is 0 Å². The summed E-state index contributed by atoms with van der Waals surface area (Å²) >= 11 is -1.38. The van der Waals surface area contributed by atoms with Crippen molar-refractivity contribution >= 4 is 15.6 Å². The molecule has 0 aromatic heterocycles. The van der Waals surface area contributed by atoms with E-state index in [1.54, 1.807) is 0 Å². The van der Waals surface area contributed by atoms with Crippen molar-refractivity contribution in [2.24, 2.45) is 0 Å². The van der Waals surface area contributed by atoms with E-state index in [4.69, 9.17) is 8.38 Å². The summed E-state index contributed by atoms with van der Waals surface area (Å²) in [6.07, 6.45) is 0. The van der Waals surface area contributed by atoms with Crippen LogP contribution in [-0.4, -0.2) is 25.3 Å². The summed E-state index contributed by atoms with van der Waals surface area (Å²) in [5.74, 6) is 0. The van der Waals surface area contributed by atoms with Crippen molar-refractivity contribution in [3.63, 3.8) is 0 Å². The third kappa shape index (κ3) is 49.6. The van der Waals surface area contributed by atoms with Crippen LogP contribution in [-0.2, 0) is 17.1 Å². The molecule has 0 aromatic rings. The Bertz CT molecular complexity index is 6.85. The molecule has 39 valence electrons. The Hall–Kier alpha value is 0.919. The molecular formula is H3CuO3Se-. The van der Waals surface area contributed by atoms with Gasteiger partial charge in [0.2, 0.25) is 0 Å². The fourth-order valence-corrected chi connectivity index (χ4v) is 0. The summed E-state index contributed by atoms with van der Waals surface area (Å²) in [5.41, 5.74) is 0. The SMILES string of the molecule is O.[Cu].[O-][Se]O. The quantitative estimate of drug-likeness (QED) is 0.418. The summed E-state index contributed by atoms with van der Waals surface area (Å²) in [6.45, 7) is 0. The average Bonchev–Trinajstić information content (AvgIpc) is 0.918. The van der Waals surface area contributed by atoms with E-state index in [1.807, 2.05) is 0 Å². The van der Waals surface area contributed by atoms with Crippen LogP contribution in [0.2, 0.25) is 0 Å². The van der Waals surface area contributed by atoms with E-state index in [1.165, 1.54) is 0 Å². The van der Waals surface area contributed by atoms with E-state index < -0.39 is 15.6 Å². The van der Waals surface area contributed by atoms with Gasteiger partial charge in [0, 0.05) is 17.1 Å². The second-order valence-electron chi connectivity index (χ2n) is 0.0745. The molecule has 0 aromatic carbocycles. The number of rotatable bonds is 0. The van der Waals surface area contributed by atoms with Gasteiger partial charge in [-0.2, -0.15) is 0 Å². The Morgan fingerprint density at radius 2 is 1.60 bits per heavy atom. The third-order valence-corrected chi connectivity index (χ3v) is 0. The van der Waals surface area contributed by atoms with Gasteiger partial charge in [0.05, 0.1) is 0 Å². The molecule has 0 heterocycles. The van der Waals surface area contributed by atoms with Gasteiger partial charge in [0.1, 0.15) is 0 Å². The van der Waals surface area contributed by atoms with Crippen molar-refractivity contribution in [3.8, 4) is 0 Å². The summed E-state index contributed by atoms with van der Waals surface area (Å²) in [7, 11) is 0. The van der Waals surface area contributed by atoms with Gasteiger partial charge < -0.3 is 5.48 Å². The molecule has 5 heavy (non-hydrogen) atoms. The van der Waals surface area contributed by atoms with Gasteiger partial charge in [-0.15, -0.1) is 0 Å². The normalized spacial score (nSPS) is 3.60. The Kier molecular flexibility index (Phi) is 69.0. The van der Waals surface area contributed by atoms with Crippen molar-refractivity contribution in [1.29, 1.82) is 0 Å². The summed E-state index contributed by atoms with van der Waals surface area (Å²) in [5, 5.41) is 0. The molecule has 1 radical (unpaired) electrons. The molecular weight excluding hydrogens is 191 g/mol. The second-order valence-corrected chi connectivity index (χ2v) is 0.387. The van der Waals surface area contributed by atoms with E-state index in [-0.39, 0.29) is 22.5 Å². The zero-order chi connectivity index (χ0) is 2.71. The van der Waals surface area contributed by atoms with Crippen LogP contribution < -0.4 is 4.19 Å². The van der Waals surface area contributed by atoms with E-state index in [0.717, 1.165) is 0 Å². The van der Waals surface area contributed by atoms with E-state index in [0.29, 0.717) is 0 Å². The van der Waals surface area contributed by atoms with Gasteiger partial charge in [0.25, 0.3) is 0 Å². The van der Waals surface area contributed by atoms with Crippen LogP contribution in [0.4, 0.5) is 0 Å². The zero-order valence-electron chi connectivity index (χ0n) is 2.07. The molecule has 0 aliphatic carbocycles. The Morgan fingerprint density at radius 1 is 1.60 bits per heavy atom. The summed E-state index contributed by atoms with van der Waals surface area (Å²) < 4.78 is 15.6. The molecule has 0 fully saturated rings. The van der Waals surface area contributed by atoms with Crippen molar-refractivity contribution in [2.75, 3.05) is 0 Å². The number of hydrogen-bond acceptors (Lipinski definition) is 2. The third-order valence-electron chi connectivity index (χ3n) is 0. The van der Waals surface area contributed by atoms with E-state index in [9.17, 15) is 0 Å². The van der Waals surface area contributed by atoms with E-state index in [2.05, 4.69) is 0 Å². The standard InChI is InChI=1S/Cu.H2O2Se.H2O/c;1-3-2;/h;1-2H;1H2/p-1. The van der Waals surface area contributed by atoms with Crippen LogP contribution in [0.15, 0.2) is 0 Å². The first-order chi connectivity index (χ1) is 1.41. The van der Waals surface area contributed by atoms with Crippen LogP contribution >= 0.6 is 0 Å². The van der Waals surface area contributed by atoms with Gasteiger partial charge in [-0.1, -0.05) is 0 Å². The second kappa shape index (κ2) is 20.5. The van der Waals surface area contributed by atoms with Crippen molar-refractivity contribution in [3.05, 3.63) is 0 Å². The monoisotopic (exact) mass is 194 g/mol.